The van der Waals surface area contributed by atoms with Crippen LogP contribution in [-0.2, 0) is 4.79 Å². The first kappa shape index (κ1) is 21.2. The number of aliphatic hydroxyl groups excluding tert-OH is 1. The Kier molecular flexibility index (Phi) is 10.3. The molecule has 0 saturated carbocycles. The quantitative estimate of drug-likeness (QED) is 0.391. The largest absolute Gasteiger partial charge is 0.389 e. The lowest BCUT2D eigenvalue weighted by Gasteiger charge is -2.43. The van der Waals surface area contributed by atoms with Crippen LogP contribution in [0.3, 0.4) is 0 Å². The molecule has 1 aliphatic heterocycles. The van der Waals surface area contributed by atoms with Gasteiger partial charge in [0.25, 0.3) is 0 Å². The summed E-state index contributed by atoms with van der Waals surface area (Å²) in [5.74, 6) is 0.282. The summed E-state index contributed by atoms with van der Waals surface area (Å²) in [6, 6.07) is 0. The molecule has 1 amide bonds. The van der Waals surface area contributed by atoms with Gasteiger partial charge in [-0.15, -0.1) is 0 Å². The number of likely N-dealkylation sites (tertiary alicyclic amines) is 1. The summed E-state index contributed by atoms with van der Waals surface area (Å²) in [6.45, 7) is 7.41. The Labute approximate surface area is 149 Å². The maximum atomic E-state index is 12.4. The van der Waals surface area contributed by atoms with Crippen LogP contribution >= 0.6 is 0 Å². The molecule has 3 nitrogen and oxygen atoms in total. The highest BCUT2D eigenvalue weighted by Crippen LogP contribution is 2.31. The predicted molar refractivity (Wildman–Crippen MR) is 102 cm³/mol. The molecule has 2 atom stereocenters. The summed E-state index contributed by atoms with van der Waals surface area (Å²) in [5.41, 5.74) is -0.216. The van der Waals surface area contributed by atoms with Crippen LogP contribution in [-0.4, -0.2) is 34.1 Å². The van der Waals surface area contributed by atoms with Gasteiger partial charge in [-0.3, -0.25) is 4.79 Å². The minimum absolute atomic E-state index is 0.216. The van der Waals surface area contributed by atoms with Crippen molar-refractivity contribution < 1.29 is 9.90 Å². The van der Waals surface area contributed by atoms with Crippen molar-refractivity contribution in [2.24, 2.45) is 0 Å². The van der Waals surface area contributed by atoms with Crippen LogP contribution in [0.5, 0.6) is 0 Å². The zero-order chi connectivity index (χ0) is 17.8. The minimum Gasteiger partial charge on any atom is -0.389 e. The summed E-state index contributed by atoms with van der Waals surface area (Å²) in [4.78, 5) is 14.5. The molecule has 0 aromatic rings. The Morgan fingerprint density at radius 3 is 2.50 bits per heavy atom. The second kappa shape index (κ2) is 11.7. The van der Waals surface area contributed by atoms with E-state index in [1.54, 1.807) is 0 Å². The first-order chi connectivity index (χ1) is 11.5. The molecule has 1 aliphatic rings. The van der Waals surface area contributed by atoms with Gasteiger partial charge in [-0.25, -0.2) is 0 Å². The molecule has 1 heterocycles. The van der Waals surface area contributed by atoms with E-state index in [-0.39, 0.29) is 17.6 Å². The van der Waals surface area contributed by atoms with E-state index in [1.807, 2.05) is 6.08 Å². The molecule has 0 radical (unpaired) electrons. The van der Waals surface area contributed by atoms with Gasteiger partial charge in [-0.1, -0.05) is 70.9 Å². The fourth-order valence-electron chi connectivity index (χ4n) is 3.60. The number of carbonyl (C=O) groups excluding carboxylic acids is 1. The highest BCUT2D eigenvalue weighted by atomic mass is 16.3. The monoisotopic (exact) mass is 337 g/mol. The van der Waals surface area contributed by atoms with Gasteiger partial charge in [0.15, 0.2) is 0 Å². The average Bonchev–Trinajstić information content (AvgIpc) is 2.55. The van der Waals surface area contributed by atoms with E-state index in [2.05, 4.69) is 31.7 Å². The lowest BCUT2D eigenvalue weighted by atomic mass is 9.86. The predicted octanol–water partition coefficient (Wildman–Crippen LogP) is 5.23. The van der Waals surface area contributed by atoms with Crippen molar-refractivity contribution >= 4 is 5.91 Å². The number of carbonyl (C=O) groups is 1. The van der Waals surface area contributed by atoms with E-state index in [4.69, 9.17) is 0 Å². The molecular weight excluding hydrogens is 298 g/mol. The smallest absolute Gasteiger partial charge is 0.223 e. The Bertz CT molecular complexity index is 380. The second-order valence-corrected chi connectivity index (χ2v) is 7.59. The van der Waals surface area contributed by atoms with Gasteiger partial charge in [-0.2, -0.15) is 0 Å². The van der Waals surface area contributed by atoms with E-state index in [0.717, 1.165) is 38.6 Å². The standard InChI is InChI=1S/C21H39NO2/c1-4-6-8-9-11-18-22-20(24)14-12-16-21(22,3)17-15-19(23)13-10-7-5-2/h15,17,19,23H,4-14,16,18H2,1-3H3/b17-15+. The number of piperidine rings is 1. The highest BCUT2D eigenvalue weighted by Gasteiger charge is 2.35. The van der Waals surface area contributed by atoms with Gasteiger partial charge in [0.2, 0.25) is 5.91 Å². The third kappa shape index (κ3) is 7.38. The molecule has 24 heavy (non-hydrogen) atoms. The number of aliphatic hydroxyl groups is 1. The van der Waals surface area contributed by atoms with Gasteiger partial charge in [0.1, 0.15) is 0 Å². The third-order valence-corrected chi connectivity index (χ3v) is 5.26. The number of nitrogens with zero attached hydrogens (tertiary/aromatic N) is 1. The lowest BCUT2D eigenvalue weighted by molar-refractivity contribution is -0.139. The van der Waals surface area contributed by atoms with E-state index < -0.39 is 0 Å². The van der Waals surface area contributed by atoms with Crippen LogP contribution in [0.2, 0.25) is 0 Å². The minimum atomic E-state index is -0.378. The molecule has 0 aromatic heterocycles. The third-order valence-electron chi connectivity index (χ3n) is 5.26. The van der Waals surface area contributed by atoms with Crippen LogP contribution in [0.25, 0.3) is 0 Å². The highest BCUT2D eigenvalue weighted by molar-refractivity contribution is 5.78. The van der Waals surface area contributed by atoms with Crippen molar-refractivity contribution in [3.63, 3.8) is 0 Å². The molecule has 0 spiro atoms. The second-order valence-electron chi connectivity index (χ2n) is 7.59. The van der Waals surface area contributed by atoms with Crippen LogP contribution in [0.15, 0.2) is 12.2 Å². The molecule has 2 unspecified atom stereocenters. The molecule has 0 aromatic carbocycles. The van der Waals surface area contributed by atoms with Crippen molar-refractivity contribution in [3.05, 3.63) is 12.2 Å². The molecule has 1 rings (SSSR count). The zero-order valence-electron chi connectivity index (χ0n) is 16.2. The van der Waals surface area contributed by atoms with Crippen molar-refractivity contribution in [1.29, 1.82) is 0 Å². The Morgan fingerprint density at radius 2 is 1.79 bits per heavy atom. The van der Waals surface area contributed by atoms with Crippen molar-refractivity contribution in [2.75, 3.05) is 6.54 Å². The molecule has 0 aliphatic carbocycles. The maximum Gasteiger partial charge on any atom is 0.223 e. The maximum absolute atomic E-state index is 12.4. The lowest BCUT2D eigenvalue weighted by Crippen LogP contribution is -2.52. The number of amides is 1. The summed E-state index contributed by atoms with van der Waals surface area (Å²) in [6.07, 6.45) is 16.6. The normalized spacial score (nSPS) is 23.2. The molecule has 0 bridgehead atoms. The number of hydrogen-bond donors (Lipinski definition) is 1. The van der Waals surface area contributed by atoms with Gasteiger partial charge >= 0.3 is 0 Å². The summed E-state index contributed by atoms with van der Waals surface area (Å²) >= 11 is 0. The number of unbranched alkanes of at least 4 members (excludes halogenated alkanes) is 6. The first-order valence-corrected chi connectivity index (χ1v) is 10.2. The summed E-state index contributed by atoms with van der Waals surface area (Å²) < 4.78 is 0. The van der Waals surface area contributed by atoms with Crippen molar-refractivity contribution in [3.8, 4) is 0 Å². The first-order valence-electron chi connectivity index (χ1n) is 10.2. The molecular formula is C21H39NO2. The Hall–Kier alpha value is -0.830. The Morgan fingerprint density at radius 1 is 1.12 bits per heavy atom. The summed E-state index contributed by atoms with van der Waals surface area (Å²) in [5, 5.41) is 10.2. The average molecular weight is 338 g/mol. The fourth-order valence-corrected chi connectivity index (χ4v) is 3.60. The number of rotatable bonds is 12. The van der Waals surface area contributed by atoms with Crippen molar-refractivity contribution in [2.45, 2.75) is 109 Å². The van der Waals surface area contributed by atoms with Crippen LogP contribution < -0.4 is 0 Å². The van der Waals surface area contributed by atoms with E-state index >= 15 is 0 Å². The molecule has 1 saturated heterocycles. The fraction of sp³-hybridized carbons (Fsp3) is 0.857. The van der Waals surface area contributed by atoms with Crippen LogP contribution in [0.1, 0.15) is 97.8 Å². The van der Waals surface area contributed by atoms with E-state index in [9.17, 15) is 9.90 Å². The molecule has 1 fully saturated rings. The molecule has 3 heteroatoms. The van der Waals surface area contributed by atoms with Gasteiger partial charge < -0.3 is 10.0 Å². The van der Waals surface area contributed by atoms with Gasteiger partial charge in [0, 0.05) is 13.0 Å². The van der Waals surface area contributed by atoms with Crippen LogP contribution in [0.4, 0.5) is 0 Å². The number of hydrogen-bond acceptors (Lipinski definition) is 2. The van der Waals surface area contributed by atoms with Gasteiger partial charge in [-0.05, 0) is 32.6 Å². The van der Waals surface area contributed by atoms with E-state index in [1.165, 1.54) is 38.5 Å². The Balaban J connectivity index is 2.56. The summed E-state index contributed by atoms with van der Waals surface area (Å²) in [7, 11) is 0. The van der Waals surface area contributed by atoms with E-state index in [0.29, 0.717) is 6.42 Å². The SMILES string of the molecule is CCCCCCCN1C(=O)CCCC1(C)/C=C/C(O)CCCCC. The van der Waals surface area contributed by atoms with Gasteiger partial charge in [0.05, 0.1) is 11.6 Å². The topological polar surface area (TPSA) is 40.5 Å². The molecule has 140 valence electrons. The van der Waals surface area contributed by atoms with Crippen LogP contribution in [0, 0.1) is 0 Å². The zero-order valence-corrected chi connectivity index (χ0v) is 16.2. The molecule has 1 N–H and O–H groups in total. The van der Waals surface area contributed by atoms with Crippen molar-refractivity contribution in [1.82, 2.24) is 4.90 Å².